The number of para-hydroxylation sites is 2. The number of piperidine rings is 1. The van der Waals surface area contributed by atoms with Gasteiger partial charge in [0.25, 0.3) is 0 Å². The van der Waals surface area contributed by atoms with Crippen LogP contribution in [0.1, 0.15) is 25.6 Å². The molecule has 1 aliphatic heterocycles. The van der Waals surface area contributed by atoms with E-state index in [9.17, 15) is 4.79 Å². The first-order valence-electron chi connectivity index (χ1n) is 8.56. The molecule has 26 heavy (non-hydrogen) atoms. The van der Waals surface area contributed by atoms with E-state index in [1.54, 1.807) is 11.8 Å². The SMILES string of the molecule is CSCc1nc2ccccc2n1CC(=O)N1CCC(C)CC1CN.Cl.Cl. The van der Waals surface area contributed by atoms with Crippen LogP contribution in [0.4, 0.5) is 0 Å². The van der Waals surface area contributed by atoms with Crippen LogP contribution in [0.15, 0.2) is 24.3 Å². The summed E-state index contributed by atoms with van der Waals surface area (Å²) in [5.41, 5.74) is 7.91. The van der Waals surface area contributed by atoms with Gasteiger partial charge in [0, 0.05) is 19.1 Å². The molecular formula is C18H28Cl2N4OS. The molecule has 2 N–H and O–H groups in total. The Morgan fingerprint density at radius 2 is 2.08 bits per heavy atom. The summed E-state index contributed by atoms with van der Waals surface area (Å²) >= 11 is 1.72. The summed E-state index contributed by atoms with van der Waals surface area (Å²) in [5, 5.41) is 0. The minimum Gasteiger partial charge on any atom is -0.337 e. The molecule has 1 aromatic carbocycles. The average molecular weight is 419 g/mol. The summed E-state index contributed by atoms with van der Waals surface area (Å²) in [4.78, 5) is 19.6. The third-order valence-corrected chi connectivity index (χ3v) is 5.42. The fraction of sp³-hybridized carbons (Fsp3) is 0.556. The number of imidazole rings is 1. The van der Waals surface area contributed by atoms with Crippen molar-refractivity contribution in [2.24, 2.45) is 11.7 Å². The van der Waals surface area contributed by atoms with Crippen molar-refractivity contribution in [1.82, 2.24) is 14.5 Å². The number of rotatable bonds is 5. The van der Waals surface area contributed by atoms with Gasteiger partial charge in [-0.2, -0.15) is 11.8 Å². The minimum atomic E-state index is 0. The van der Waals surface area contributed by atoms with E-state index in [2.05, 4.69) is 17.7 Å². The lowest BCUT2D eigenvalue weighted by Gasteiger charge is -2.38. The summed E-state index contributed by atoms with van der Waals surface area (Å²) in [6, 6.07) is 8.20. The second-order valence-electron chi connectivity index (χ2n) is 6.64. The van der Waals surface area contributed by atoms with Gasteiger partial charge in [-0.15, -0.1) is 24.8 Å². The molecule has 0 aliphatic carbocycles. The highest BCUT2D eigenvalue weighted by Crippen LogP contribution is 2.24. The average Bonchev–Trinajstić information content (AvgIpc) is 2.92. The van der Waals surface area contributed by atoms with Gasteiger partial charge in [0.2, 0.25) is 5.91 Å². The molecule has 1 amide bonds. The molecule has 2 unspecified atom stereocenters. The highest BCUT2D eigenvalue weighted by molar-refractivity contribution is 7.97. The Hall–Kier alpha value is -0.950. The van der Waals surface area contributed by atoms with Gasteiger partial charge in [-0.05, 0) is 37.1 Å². The zero-order chi connectivity index (χ0) is 17.1. The number of nitrogens with two attached hydrogens (primary N) is 1. The molecule has 1 saturated heterocycles. The van der Waals surface area contributed by atoms with Crippen molar-refractivity contribution in [3.8, 4) is 0 Å². The Balaban J connectivity index is 0.00000169. The molecule has 0 spiro atoms. The van der Waals surface area contributed by atoms with Crippen LogP contribution in [-0.2, 0) is 17.1 Å². The first-order valence-corrected chi connectivity index (χ1v) is 9.96. The number of carbonyl (C=O) groups excluding carboxylic acids is 1. The maximum atomic E-state index is 13.0. The Kier molecular flexibility index (Phi) is 9.24. The molecule has 1 aliphatic rings. The molecule has 0 bridgehead atoms. The van der Waals surface area contributed by atoms with E-state index in [1.165, 1.54) is 0 Å². The number of thioether (sulfide) groups is 1. The predicted octanol–water partition coefficient (Wildman–Crippen LogP) is 3.33. The number of hydrogen-bond donors (Lipinski definition) is 1. The summed E-state index contributed by atoms with van der Waals surface area (Å²) in [6.07, 6.45) is 4.12. The summed E-state index contributed by atoms with van der Waals surface area (Å²) in [7, 11) is 0. The van der Waals surface area contributed by atoms with Crippen molar-refractivity contribution >= 4 is 53.5 Å². The van der Waals surface area contributed by atoms with Gasteiger partial charge in [-0.1, -0.05) is 19.1 Å². The number of likely N-dealkylation sites (tertiary alicyclic amines) is 1. The molecule has 0 saturated carbocycles. The van der Waals surface area contributed by atoms with Crippen molar-refractivity contribution < 1.29 is 4.79 Å². The van der Waals surface area contributed by atoms with E-state index in [1.807, 2.05) is 29.2 Å². The predicted molar refractivity (Wildman–Crippen MR) is 114 cm³/mol. The van der Waals surface area contributed by atoms with E-state index in [0.717, 1.165) is 42.0 Å². The summed E-state index contributed by atoms with van der Waals surface area (Å²) in [6.45, 7) is 3.94. The van der Waals surface area contributed by atoms with Crippen LogP contribution in [0.2, 0.25) is 0 Å². The van der Waals surface area contributed by atoms with E-state index >= 15 is 0 Å². The number of carbonyl (C=O) groups is 1. The zero-order valence-corrected chi connectivity index (χ0v) is 17.7. The normalized spacial score (nSPS) is 19.7. The van der Waals surface area contributed by atoms with Crippen molar-refractivity contribution in [3.63, 3.8) is 0 Å². The van der Waals surface area contributed by atoms with Gasteiger partial charge in [0.05, 0.1) is 16.8 Å². The Morgan fingerprint density at radius 3 is 2.77 bits per heavy atom. The van der Waals surface area contributed by atoms with Crippen molar-refractivity contribution in [2.45, 2.75) is 38.1 Å². The van der Waals surface area contributed by atoms with E-state index < -0.39 is 0 Å². The van der Waals surface area contributed by atoms with E-state index in [0.29, 0.717) is 19.0 Å². The molecule has 146 valence electrons. The quantitative estimate of drug-likeness (QED) is 0.808. The Labute approximate surface area is 171 Å². The molecule has 2 heterocycles. The molecule has 0 radical (unpaired) electrons. The van der Waals surface area contributed by atoms with Crippen LogP contribution in [0.25, 0.3) is 11.0 Å². The largest absolute Gasteiger partial charge is 0.337 e. The molecule has 1 aromatic heterocycles. The second kappa shape index (κ2) is 10.4. The first kappa shape index (κ1) is 23.1. The number of nitrogens with zero attached hydrogens (tertiary/aromatic N) is 3. The Morgan fingerprint density at radius 1 is 1.35 bits per heavy atom. The number of amides is 1. The van der Waals surface area contributed by atoms with Gasteiger partial charge in [0.15, 0.2) is 0 Å². The minimum absolute atomic E-state index is 0. The molecule has 1 fully saturated rings. The molecule has 5 nitrogen and oxygen atoms in total. The third-order valence-electron chi connectivity index (χ3n) is 4.87. The number of fused-ring (bicyclic) bond motifs is 1. The van der Waals surface area contributed by atoms with Gasteiger partial charge in [-0.25, -0.2) is 4.98 Å². The third kappa shape index (κ3) is 4.85. The second-order valence-corrected chi connectivity index (χ2v) is 7.51. The molecule has 2 aromatic rings. The monoisotopic (exact) mass is 418 g/mol. The van der Waals surface area contributed by atoms with Crippen LogP contribution in [0, 0.1) is 5.92 Å². The molecule has 3 rings (SSSR count). The molecule has 2 atom stereocenters. The standard InChI is InChI=1S/C18H26N4OS.2ClH/c1-13-7-8-21(14(9-13)10-19)18(23)11-22-16-6-4-3-5-15(16)20-17(22)12-24-2;;/h3-6,13-14H,7-12,19H2,1-2H3;2*1H. The summed E-state index contributed by atoms with van der Waals surface area (Å²) in [5.74, 6) is 2.57. The lowest BCUT2D eigenvalue weighted by molar-refractivity contribution is -0.135. The van der Waals surface area contributed by atoms with Crippen LogP contribution in [-0.4, -0.2) is 45.7 Å². The van der Waals surface area contributed by atoms with E-state index in [-0.39, 0.29) is 36.8 Å². The smallest absolute Gasteiger partial charge is 0.242 e. The zero-order valence-electron chi connectivity index (χ0n) is 15.3. The lowest BCUT2D eigenvalue weighted by Crippen LogP contribution is -2.50. The molecule has 8 heteroatoms. The topological polar surface area (TPSA) is 64.2 Å². The van der Waals surface area contributed by atoms with Crippen LogP contribution >= 0.6 is 36.6 Å². The number of halogens is 2. The van der Waals surface area contributed by atoms with Crippen LogP contribution < -0.4 is 5.73 Å². The number of hydrogen-bond acceptors (Lipinski definition) is 4. The van der Waals surface area contributed by atoms with Gasteiger partial charge in [-0.3, -0.25) is 4.79 Å². The van der Waals surface area contributed by atoms with Gasteiger partial charge >= 0.3 is 0 Å². The maximum absolute atomic E-state index is 13.0. The highest BCUT2D eigenvalue weighted by atomic mass is 35.5. The van der Waals surface area contributed by atoms with E-state index in [4.69, 9.17) is 10.7 Å². The van der Waals surface area contributed by atoms with Gasteiger partial charge < -0.3 is 15.2 Å². The lowest BCUT2D eigenvalue weighted by atomic mass is 9.92. The van der Waals surface area contributed by atoms with Crippen molar-refractivity contribution in [1.29, 1.82) is 0 Å². The van der Waals surface area contributed by atoms with Crippen molar-refractivity contribution in [2.75, 3.05) is 19.3 Å². The number of benzene rings is 1. The van der Waals surface area contributed by atoms with Gasteiger partial charge in [0.1, 0.15) is 12.4 Å². The number of aromatic nitrogens is 2. The van der Waals surface area contributed by atoms with Crippen molar-refractivity contribution in [3.05, 3.63) is 30.1 Å². The fourth-order valence-corrected chi connectivity index (χ4v) is 4.05. The van der Waals surface area contributed by atoms with Crippen LogP contribution in [0.3, 0.4) is 0 Å². The maximum Gasteiger partial charge on any atom is 0.242 e. The fourth-order valence-electron chi connectivity index (χ4n) is 3.57. The van der Waals surface area contributed by atoms with Crippen LogP contribution in [0.5, 0.6) is 0 Å². The highest BCUT2D eigenvalue weighted by Gasteiger charge is 2.29. The molecular weight excluding hydrogens is 391 g/mol. The summed E-state index contributed by atoms with van der Waals surface area (Å²) < 4.78 is 2.07. The first-order chi connectivity index (χ1) is 11.6. The Bertz CT molecular complexity index is 724.